The average Bonchev–Trinajstić information content (AvgIpc) is 3.00. The normalized spacial score (nSPS) is 11.5. The van der Waals surface area contributed by atoms with Crippen LogP contribution >= 0.6 is 0 Å². The minimum Gasteiger partial charge on any atom is -0.478 e. The molecule has 2 aromatic carbocycles. The lowest BCUT2D eigenvalue weighted by Crippen LogP contribution is -2.41. The summed E-state index contributed by atoms with van der Waals surface area (Å²) in [4.78, 5) is 29.4. The molecule has 0 spiro atoms. The van der Waals surface area contributed by atoms with Gasteiger partial charge in [0.05, 0.1) is 21.5 Å². The second-order valence-electron chi connectivity index (χ2n) is 6.00. The molecule has 10 heteroatoms. The zero-order valence-corrected chi connectivity index (χ0v) is 15.9. The summed E-state index contributed by atoms with van der Waals surface area (Å²) in [5, 5.41) is 8.86. The number of nitrogens with zero attached hydrogens (tertiary/aromatic N) is 2. The Morgan fingerprint density at radius 3 is 2.36 bits per heavy atom. The third kappa shape index (κ3) is 3.73. The van der Waals surface area contributed by atoms with E-state index in [2.05, 4.69) is 10.4 Å². The zero-order valence-electron chi connectivity index (χ0n) is 15.1. The Kier molecular flexibility index (Phi) is 5.16. The zero-order chi connectivity index (χ0) is 20.5. The van der Waals surface area contributed by atoms with Crippen LogP contribution in [0.3, 0.4) is 0 Å². The fraction of sp³-hybridized carbons (Fsp3) is 0.167. The first-order valence-corrected chi connectivity index (χ1v) is 9.83. The highest BCUT2D eigenvalue weighted by molar-refractivity contribution is 7.89. The van der Waals surface area contributed by atoms with Crippen LogP contribution in [-0.2, 0) is 16.6 Å². The number of carbonyl (C=O) groups excluding carboxylic acids is 1. The lowest BCUT2D eigenvalue weighted by Gasteiger charge is -2.09. The van der Waals surface area contributed by atoms with Gasteiger partial charge in [0.15, 0.2) is 0 Å². The van der Waals surface area contributed by atoms with Gasteiger partial charge >= 0.3 is 5.97 Å². The summed E-state index contributed by atoms with van der Waals surface area (Å²) in [5.74, 6) is -0.988. The highest BCUT2D eigenvalue weighted by Gasteiger charge is 2.17. The molecule has 146 valence electrons. The van der Waals surface area contributed by atoms with E-state index >= 15 is 0 Å². The maximum absolute atomic E-state index is 12.3. The second-order valence-corrected chi connectivity index (χ2v) is 7.68. The quantitative estimate of drug-likeness (QED) is 0.538. The van der Waals surface area contributed by atoms with Crippen LogP contribution in [0.4, 0.5) is 0 Å². The lowest BCUT2D eigenvalue weighted by atomic mass is 10.2. The molecular formula is C18H18N4O5S. The van der Waals surface area contributed by atoms with Gasteiger partial charge in [-0.3, -0.25) is 10.2 Å². The molecule has 0 saturated carbocycles. The Morgan fingerprint density at radius 1 is 1.11 bits per heavy atom. The maximum Gasteiger partial charge on any atom is 0.335 e. The average molecular weight is 402 g/mol. The summed E-state index contributed by atoms with van der Waals surface area (Å²) in [6.45, 7) is 4.61. The van der Waals surface area contributed by atoms with E-state index in [9.17, 15) is 18.0 Å². The van der Waals surface area contributed by atoms with Gasteiger partial charge in [0.25, 0.3) is 15.9 Å². The van der Waals surface area contributed by atoms with E-state index in [0.29, 0.717) is 5.52 Å². The van der Waals surface area contributed by atoms with Gasteiger partial charge in [-0.1, -0.05) is 0 Å². The minimum absolute atomic E-state index is 0.0434. The fourth-order valence-electron chi connectivity index (χ4n) is 2.81. The molecule has 0 fully saturated rings. The van der Waals surface area contributed by atoms with Crippen molar-refractivity contribution in [3.63, 3.8) is 0 Å². The second kappa shape index (κ2) is 7.41. The predicted molar refractivity (Wildman–Crippen MR) is 101 cm³/mol. The molecule has 0 atom stereocenters. The first kappa shape index (κ1) is 19.5. The molecule has 3 aromatic rings. The van der Waals surface area contributed by atoms with E-state index in [1.165, 1.54) is 12.1 Å². The fourth-order valence-corrected chi connectivity index (χ4v) is 3.65. The summed E-state index contributed by atoms with van der Waals surface area (Å²) >= 11 is 0. The molecule has 9 nitrogen and oxygen atoms in total. The number of benzene rings is 2. The summed E-state index contributed by atoms with van der Waals surface area (Å²) in [7, 11) is -4.05. The molecule has 1 heterocycles. The molecular weight excluding hydrogens is 384 g/mol. The Bertz CT molecular complexity index is 1170. The van der Waals surface area contributed by atoms with Crippen molar-refractivity contribution >= 4 is 32.9 Å². The summed E-state index contributed by atoms with van der Waals surface area (Å²) in [5.41, 5.74) is 3.87. The first-order chi connectivity index (χ1) is 13.2. The van der Waals surface area contributed by atoms with E-state index in [0.717, 1.165) is 30.0 Å². The van der Waals surface area contributed by atoms with Crippen molar-refractivity contribution in [2.75, 3.05) is 0 Å². The molecule has 0 aliphatic heterocycles. The number of carboxylic acids is 1. The van der Waals surface area contributed by atoms with Gasteiger partial charge in [-0.15, -0.1) is 4.83 Å². The van der Waals surface area contributed by atoms with Crippen LogP contribution in [0.25, 0.3) is 11.0 Å². The maximum atomic E-state index is 12.3. The molecule has 0 aliphatic rings. The van der Waals surface area contributed by atoms with Crippen molar-refractivity contribution in [3.05, 3.63) is 59.4 Å². The monoisotopic (exact) mass is 402 g/mol. The van der Waals surface area contributed by atoms with Crippen molar-refractivity contribution in [3.8, 4) is 0 Å². The number of aromatic carboxylic acids is 1. The molecule has 0 bridgehead atoms. The number of hydrogen-bond donors (Lipinski definition) is 3. The van der Waals surface area contributed by atoms with Crippen LogP contribution in [-0.4, -0.2) is 35.0 Å². The van der Waals surface area contributed by atoms with Gasteiger partial charge in [-0.25, -0.2) is 18.2 Å². The number of fused-ring (bicyclic) bond motifs is 1. The van der Waals surface area contributed by atoms with Gasteiger partial charge < -0.3 is 9.67 Å². The number of carbonyl (C=O) groups is 2. The number of sulfonamides is 1. The van der Waals surface area contributed by atoms with E-state index in [4.69, 9.17) is 5.11 Å². The Balaban J connectivity index is 1.75. The molecule has 0 unspecified atom stereocenters. The molecule has 1 aromatic heterocycles. The summed E-state index contributed by atoms with van der Waals surface area (Å²) in [6.07, 6.45) is 0. The number of carboxylic acid groups (broad SMARTS) is 1. The van der Waals surface area contributed by atoms with Gasteiger partial charge in [0.2, 0.25) is 0 Å². The lowest BCUT2D eigenvalue weighted by molar-refractivity contribution is 0.0696. The highest BCUT2D eigenvalue weighted by atomic mass is 32.2. The Hall–Kier alpha value is -3.24. The molecule has 28 heavy (non-hydrogen) atoms. The van der Waals surface area contributed by atoms with Crippen molar-refractivity contribution in [2.45, 2.75) is 25.3 Å². The number of hydrogen-bond acceptors (Lipinski definition) is 5. The Labute approximate surface area is 161 Å². The van der Waals surface area contributed by atoms with Gasteiger partial charge in [-0.2, -0.15) is 0 Å². The number of rotatable bonds is 6. The number of imidazole rings is 1. The van der Waals surface area contributed by atoms with Gasteiger partial charge in [0, 0.05) is 12.1 Å². The molecule has 3 rings (SSSR count). The number of amides is 1. The van der Waals surface area contributed by atoms with E-state index in [1.54, 1.807) is 18.2 Å². The number of aryl methyl sites for hydroxylation is 2. The molecule has 0 saturated heterocycles. The molecule has 3 N–H and O–H groups in total. The third-order valence-corrected chi connectivity index (χ3v) is 5.49. The van der Waals surface area contributed by atoms with Crippen LogP contribution in [0.1, 0.15) is 33.5 Å². The van der Waals surface area contributed by atoms with Crippen LogP contribution < -0.4 is 10.3 Å². The summed E-state index contributed by atoms with van der Waals surface area (Å²) in [6, 6.07) is 9.54. The van der Waals surface area contributed by atoms with E-state index < -0.39 is 21.9 Å². The van der Waals surface area contributed by atoms with Crippen LogP contribution in [0.15, 0.2) is 47.4 Å². The number of hydrazine groups is 1. The van der Waals surface area contributed by atoms with Crippen molar-refractivity contribution < 1.29 is 23.1 Å². The standard InChI is InChI=1S/C18H18N4O5S/c1-3-22-11(2)19-15-10-13(6-9-16(15)22)17(23)20-21-28(26,27)14-7-4-12(5-8-14)18(24)25/h4-10,21H,3H2,1-2H3,(H,20,23)(H,24,25). The largest absolute Gasteiger partial charge is 0.478 e. The number of aromatic nitrogens is 2. The summed E-state index contributed by atoms with van der Waals surface area (Å²) < 4.78 is 26.5. The van der Waals surface area contributed by atoms with Crippen LogP contribution in [0.2, 0.25) is 0 Å². The van der Waals surface area contributed by atoms with Crippen molar-refractivity contribution in [1.29, 1.82) is 0 Å². The van der Waals surface area contributed by atoms with Gasteiger partial charge in [0.1, 0.15) is 5.82 Å². The molecule has 0 aliphatic carbocycles. The number of nitrogens with one attached hydrogen (secondary N) is 2. The first-order valence-electron chi connectivity index (χ1n) is 8.35. The highest BCUT2D eigenvalue weighted by Crippen LogP contribution is 2.18. The van der Waals surface area contributed by atoms with Crippen molar-refractivity contribution in [2.24, 2.45) is 0 Å². The van der Waals surface area contributed by atoms with Crippen LogP contribution in [0.5, 0.6) is 0 Å². The molecule has 0 radical (unpaired) electrons. The smallest absolute Gasteiger partial charge is 0.335 e. The predicted octanol–water partition coefficient (Wildman–Crippen LogP) is 1.69. The van der Waals surface area contributed by atoms with Crippen LogP contribution in [0, 0.1) is 6.92 Å². The van der Waals surface area contributed by atoms with E-state index in [-0.39, 0.29) is 16.0 Å². The van der Waals surface area contributed by atoms with E-state index in [1.807, 2.05) is 23.2 Å². The SMILES string of the molecule is CCn1c(C)nc2cc(C(=O)NNS(=O)(=O)c3ccc(C(=O)O)cc3)ccc21. The third-order valence-electron chi connectivity index (χ3n) is 4.23. The van der Waals surface area contributed by atoms with Crippen molar-refractivity contribution in [1.82, 2.24) is 19.8 Å². The van der Waals surface area contributed by atoms with Gasteiger partial charge in [-0.05, 0) is 56.3 Å². The topological polar surface area (TPSA) is 130 Å². The Morgan fingerprint density at radius 2 is 1.75 bits per heavy atom. The molecule has 1 amide bonds. The minimum atomic E-state index is -4.05.